The van der Waals surface area contributed by atoms with Crippen molar-refractivity contribution < 1.29 is 53.3 Å². The van der Waals surface area contributed by atoms with Gasteiger partial charge in [-0.25, -0.2) is 0 Å². The van der Waals surface area contributed by atoms with Crippen LogP contribution in [0.15, 0.2) is 78.9 Å². The van der Waals surface area contributed by atoms with Gasteiger partial charge in [-0.15, -0.1) is 0 Å². The Kier molecular flexibility index (Phi) is 13.6. The second-order valence-electron chi connectivity index (χ2n) is 11.7. The van der Waals surface area contributed by atoms with Crippen LogP contribution in [0.5, 0.6) is 17.2 Å². The first kappa shape index (κ1) is 40.8. The van der Waals surface area contributed by atoms with Crippen molar-refractivity contribution in [2.45, 2.75) is 6.92 Å². The zero-order valence-electron chi connectivity index (χ0n) is 29.8. The van der Waals surface area contributed by atoms with Crippen molar-refractivity contribution in [3.8, 4) is 17.2 Å². The molecule has 0 bridgehead atoms. The SMILES string of the molecule is COc1ccc(NC(=O)CNC(=O)c2cc(NC(=O)CNC(=O)c3cccc(NC(C)=O)c3)ccc2O)cc1C(=O)NCC(=O)Nc1ccc(O)c(C(N)=O)c1. The number of carbonyl (C=O) groups excluding carboxylic acids is 8. The normalized spacial score (nSPS) is 10.2. The summed E-state index contributed by atoms with van der Waals surface area (Å²) in [6.45, 7) is -0.215. The van der Waals surface area contributed by atoms with Gasteiger partial charge in [0.1, 0.15) is 17.2 Å². The Morgan fingerprint density at radius 2 is 1.00 bits per heavy atom. The summed E-state index contributed by atoms with van der Waals surface area (Å²) in [6, 6.07) is 17.5. The number of hydrogen-bond acceptors (Lipinski definition) is 11. The fourth-order valence-corrected chi connectivity index (χ4v) is 4.90. The molecule has 4 aromatic carbocycles. The number of phenolic OH excluding ortho intramolecular Hbond substituents is 1. The third-order valence-electron chi connectivity index (χ3n) is 7.47. The summed E-state index contributed by atoms with van der Waals surface area (Å²) in [5.74, 6) is -6.19. The van der Waals surface area contributed by atoms with E-state index >= 15 is 0 Å². The Balaban J connectivity index is 1.29. The third-order valence-corrected chi connectivity index (χ3v) is 7.47. The van der Waals surface area contributed by atoms with Crippen LogP contribution in [0, 0.1) is 0 Å². The molecule has 0 fully saturated rings. The summed E-state index contributed by atoms with van der Waals surface area (Å²) < 4.78 is 5.23. The summed E-state index contributed by atoms with van der Waals surface area (Å²) in [5, 5.41) is 37.2. The van der Waals surface area contributed by atoms with Crippen molar-refractivity contribution in [2.75, 3.05) is 48.0 Å². The smallest absolute Gasteiger partial charge is 0.255 e. The van der Waals surface area contributed by atoms with E-state index in [0.29, 0.717) is 5.69 Å². The van der Waals surface area contributed by atoms with E-state index in [0.717, 1.165) is 12.1 Å². The molecule has 56 heavy (non-hydrogen) atoms. The summed E-state index contributed by atoms with van der Waals surface area (Å²) in [5.41, 5.74) is 5.62. The Morgan fingerprint density at radius 1 is 0.554 bits per heavy atom. The molecule has 0 heterocycles. The van der Waals surface area contributed by atoms with Crippen LogP contribution in [-0.4, -0.2) is 84.2 Å². The van der Waals surface area contributed by atoms with Gasteiger partial charge in [0.05, 0.1) is 43.4 Å². The number of anilines is 4. The lowest BCUT2D eigenvalue weighted by atomic mass is 10.1. The second-order valence-corrected chi connectivity index (χ2v) is 11.7. The van der Waals surface area contributed by atoms with E-state index in [2.05, 4.69) is 37.2 Å². The van der Waals surface area contributed by atoms with Gasteiger partial charge in [-0.3, -0.25) is 38.4 Å². The molecule has 0 unspecified atom stereocenters. The number of methoxy groups -OCH3 is 1. The van der Waals surface area contributed by atoms with Crippen LogP contribution in [0.2, 0.25) is 0 Å². The van der Waals surface area contributed by atoms with Crippen LogP contribution in [0.3, 0.4) is 0 Å². The summed E-state index contributed by atoms with van der Waals surface area (Å²) in [7, 11) is 1.31. The number of carbonyl (C=O) groups is 8. The van der Waals surface area contributed by atoms with Gasteiger partial charge in [0.15, 0.2) is 0 Å². The number of hydrogen-bond donors (Lipinski definition) is 10. The minimum absolute atomic E-state index is 0.0534. The number of primary amides is 1. The number of amides is 8. The van der Waals surface area contributed by atoms with Crippen molar-refractivity contribution in [2.24, 2.45) is 5.73 Å². The molecule has 4 rings (SSSR count). The molecule has 8 amide bonds. The topological polar surface area (TPSA) is 296 Å². The molecule has 0 aromatic heterocycles. The van der Waals surface area contributed by atoms with E-state index in [9.17, 15) is 48.6 Å². The van der Waals surface area contributed by atoms with Gasteiger partial charge in [0, 0.05) is 35.2 Å². The predicted octanol–water partition coefficient (Wildman–Crippen LogP) is 1.27. The maximum absolute atomic E-state index is 13.0. The van der Waals surface area contributed by atoms with E-state index < -0.39 is 66.7 Å². The van der Waals surface area contributed by atoms with Gasteiger partial charge in [-0.1, -0.05) is 6.07 Å². The largest absolute Gasteiger partial charge is 0.507 e. The minimum Gasteiger partial charge on any atom is -0.507 e. The molecule has 11 N–H and O–H groups in total. The van der Waals surface area contributed by atoms with Crippen LogP contribution in [0.4, 0.5) is 22.7 Å². The van der Waals surface area contributed by atoms with Crippen LogP contribution in [-0.2, 0) is 19.2 Å². The number of rotatable bonds is 15. The highest BCUT2D eigenvalue weighted by Gasteiger charge is 2.18. The molecule has 0 radical (unpaired) electrons. The number of nitrogens with one attached hydrogen (secondary N) is 7. The molecule has 0 saturated carbocycles. The van der Waals surface area contributed by atoms with Crippen molar-refractivity contribution in [3.05, 3.63) is 101 Å². The van der Waals surface area contributed by atoms with Crippen molar-refractivity contribution >= 4 is 70.0 Å². The van der Waals surface area contributed by atoms with Gasteiger partial charge in [0.25, 0.3) is 23.6 Å². The van der Waals surface area contributed by atoms with E-state index in [4.69, 9.17) is 10.5 Å². The molecule has 19 nitrogen and oxygen atoms in total. The molecule has 290 valence electrons. The number of phenols is 2. The van der Waals surface area contributed by atoms with E-state index in [1.807, 2.05) is 0 Å². The molecule has 0 aliphatic heterocycles. The van der Waals surface area contributed by atoms with Gasteiger partial charge in [0.2, 0.25) is 23.6 Å². The molecule has 0 atom stereocenters. The van der Waals surface area contributed by atoms with Gasteiger partial charge in [-0.2, -0.15) is 0 Å². The zero-order valence-corrected chi connectivity index (χ0v) is 29.8. The maximum Gasteiger partial charge on any atom is 0.255 e. The molecule has 4 aromatic rings. The summed E-state index contributed by atoms with van der Waals surface area (Å²) in [6.07, 6.45) is 0. The number of benzene rings is 4. The average Bonchev–Trinajstić information content (AvgIpc) is 3.16. The van der Waals surface area contributed by atoms with Gasteiger partial charge < -0.3 is 57.9 Å². The average molecular weight is 769 g/mol. The number of aromatic hydroxyl groups is 2. The third kappa shape index (κ3) is 11.5. The van der Waals surface area contributed by atoms with Crippen LogP contribution >= 0.6 is 0 Å². The Bertz CT molecular complexity index is 2220. The Morgan fingerprint density at radius 3 is 1.52 bits per heavy atom. The van der Waals surface area contributed by atoms with Gasteiger partial charge in [-0.05, 0) is 72.8 Å². The predicted molar refractivity (Wildman–Crippen MR) is 201 cm³/mol. The molecular formula is C37H36N8O11. The lowest BCUT2D eigenvalue weighted by Gasteiger charge is -2.13. The first-order valence-corrected chi connectivity index (χ1v) is 16.4. The fraction of sp³-hybridized carbons (Fsp3) is 0.135. The highest BCUT2D eigenvalue weighted by molar-refractivity contribution is 6.05. The van der Waals surface area contributed by atoms with Crippen molar-refractivity contribution in [1.29, 1.82) is 0 Å². The number of nitrogens with two attached hydrogens (primary N) is 1. The summed E-state index contributed by atoms with van der Waals surface area (Å²) in [4.78, 5) is 98.8. The zero-order chi connectivity index (χ0) is 40.9. The van der Waals surface area contributed by atoms with Gasteiger partial charge >= 0.3 is 0 Å². The molecule has 0 aliphatic rings. The monoisotopic (exact) mass is 768 g/mol. The maximum atomic E-state index is 13.0. The van der Waals surface area contributed by atoms with E-state index in [1.165, 1.54) is 68.6 Å². The van der Waals surface area contributed by atoms with Crippen LogP contribution in [0.1, 0.15) is 48.4 Å². The quantitative estimate of drug-likeness (QED) is 0.0768. The highest BCUT2D eigenvalue weighted by Crippen LogP contribution is 2.24. The highest BCUT2D eigenvalue weighted by atomic mass is 16.5. The summed E-state index contributed by atoms with van der Waals surface area (Å²) >= 11 is 0. The van der Waals surface area contributed by atoms with E-state index in [1.54, 1.807) is 12.1 Å². The van der Waals surface area contributed by atoms with Crippen molar-refractivity contribution in [1.82, 2.24) is 16.0 Å². The first-order chi connectivity index (χ1) is 26.6. The molecular weight excluding hydrogens is 732 g/mol. The fourth-order valence-electron chi connectivity index (χ4n) is 4.90. The van der Waals surface area contributed by atoms with Crippen LogP contribution < -0.4 is 47.7 Å². The standard InChI is InChI=1S/C37H36N8O11/c1-19(46)42-21-5-3-4-20(12-21)35(53)39-16-31(49)44-23-7-10-29(48)26(14-23)36(54)40-17-32(50)45-24-8-11-30(56-2)27(15-24)37(55)41-18-33(51)43-22-6-9-28(47)25(13-22)34(38)52/h3-15,47-48H,16-18H2,1-2H3,(H2,38,52)(H,39,53)(H,40,54)(H,41,55)(H,42,46)(H,43,51)(H,44,49)(H,45,50). The lowest BCUT2D eigenvalue weighted by Crippen LogP contribution is -2.34. The van der Waals surface area contributed by atoms with Crippen molar-refractivity contribution in [3.63, 3.8) is 0 Å². The van der Waals surface area contributed by atoms with E-state index in [-0.39, 0.29) is 56.7 Å². The molecule has 0 aliphatic carbocycles. The second kappa shape index (κ2) is 18.7. The Hall–Kier alpha value is -7.96. The van der Waals surface area contributed by atoms with Crippen LogP contribution in [0.25, 0.3) is 0 Å². The first-order valence-electron chi connectivity index (χ1n) is 16.4. The number of ether oxygens (including phenoxy) is 1. The lowest BCUT2D eigenvalue weighted by molar-refractivity contribution is -0.116. The Labute approximate surface area is 318 Å². The molecule has 19 heteroatoms. The minimum atomic E-state index is -0.909. The molecule has 0 saturated heterocycles. The molecule has 0 spiro atoms.